The van der Waals surface area contributed by atoms with E-state index in [-0.39, 0.29) is 48.4 Å². The number of benzene rings is 1. The van der Waals surface area contributed by atoms with Crippen molar-refractivity contribution in [2.24, 2.45) is 11.8 Å². The molecule has 0 aliphatic heterocycles. The van der Waals surface area contributed by atoms with Gasteiger partial charge in [0.2, 0.25) is 5.91 Å². The normalized spacial score (nSPS) is 12.7. The Morgan fingerprint density at radius 1 is 1.03 bits per heavy atom. The Hall–Kier alpha value is -3.56. The highest BCUT2D eigenvalue weighted by Gasteiger charge is 2.27. The third-order valence-corrected chi connectivity index (χ3v) is 6.53. The van der Waals surface area contributed by atoms with Crippen LogP contribution in [-0.2, 0) is 14.3 Å². The third kappa shape index (κ3) is 7.72. The molecule has 10 nitrogen and oxygen atoms in total. The van der Waals surface area contributed by atoms with Crippen molar-refractivity contribution in [1.29, 1.82) is 0 Å². The Morgan fingerprint density at radius 2 is 1.63 bits per heavy atom. The van der Waals surface area contributed by atoms with Gasteiger partial charge in [-0.1, -0.05) is 33.8 Å². The van der Waals surface area contributed by atoms with Gasteiger partial charge in [0.1, 0.15) is 18.0 Å². The lowest BCUT2D eigenvalue weighted by molar-refractivity contribution is -0.146. The number of carbonyl (C=O) groups is 3. The van der Waals surface area contributed by atoms with E-state index in [9.17, 15) is 14.4 Å². The number of aromatic nitrogens is 2. The van der Waals surface area contributed by atoms with Gasteiger partial charge >= 0.3 is 5.97 Å². The van der Waals surface area contributed by atoms with Crippen molar-refractivity contribution in [3.63, 3.8) is 0 Å². The number of amides is 2. The molecule has 0 aliphatic rings. The molecule has 0 spiro atoms. The van der Waals surface area contributed by atoms with E-state index >= 15 is 0 Å². The van der Waals surface area contributed by atoms with Gasteiger partial charge in [0.25, 0.3) is 5.91 Å². The first kappa shape index (κ1) is 30.7. The summed E-state index contributed by atoms with van der Waals surface area (Å²) in [6.07, 6.45) is 0.632. The summed E-state index contributed by atoms with van der Waals surface area (Å²) in [6, 6.07) is 6.78. The third-order valence-electron chi connectivity index (χ3n) is 6.53. The van der Waals surface area contributed by atoms with Crippen LogP contribution < -0.4 is 14.8 Å². The number of hydrogen-bond donors (Lipinski definition) is 1. The summed E-state index contributed by atoms with van der Waals surface area (Å²) in [5, 5.41) is 7.69. The van der Waals surface area contributed by atoms with Crippen LogP contribution in [0.1, 0.15) is 64.0 Å². The van der Waals surface area contributed by atoms with Gasteiger partial charge in [-0.05, 0) is 43.4 Å². The van der Waals surface area contributed by atoms with E-state index in [4.69, 9.17) is 14.6 Å². The van der Waals surface area contributed by atoms with E-state index in [2.05, 4.69) is 23.9 Å². The summed E-state index contributed by atoms with van der Waals surface area (Å²) in [5.74, 6) is 0.515. The quantitative estimate of drug-likeness (QED) is 0.390. The topological polar surface area (TPSA) is 112 Å². The highest BCUT2D eigenvalue weighted by atomic mass is 16.5. The molecule has 0 saturated carbocycles. The zero-order valence-electron chi connectivity index (χ0n) is 24.0. The van der Waals surface area contributed by atoms with E-state index in [1.807, 2.05) is 43.7 Å². The summed E-state index contributed by atoms with van der Waals surface area (Å²) >= 11 is 0. The lowest BCUT2D eigenvalue weighted by atomic mass is 10.00. The summed E-state index contributed by atoms with van der Waals surface area (Å²) in [4.78, 5) is 39.1. The smallest absolute Gasteiger partial charge is 0.325 e. The van der Waals surface area contributed by atoms with Gasteiger partial charge in [-0.25, -0.2) is 0 Å². The zero-order valence-corrected chi connectivity index (χ0v) is 24.0. The van der Waals surface area contributed by atoms with E-state index in [0.717, 1.165) is 0 Å². The largest absolute Gasteiger partial charge is 0.496 e. The molecule has 2 atom stereocenters. The number of nitrogens with one attached hydrogen (secondary N) is 1. The predicted molar refractivity (Wildman–Crippen MR) is 145 cm³/mol. The molecule has 1 unspecified atom stereocenters. The predicted octanol–water partition coefficient (Wildman–Crippen LogP) is 3.95. The number of carbonyl (C=O) groups excluding carboxylic acids is 3. The van der Waals surface area contributed by atoms with Crippen LogP contribution in [-0.4, -0.2) is 73.4 Å². The van der Waals surface area contributed by atoms with Crippen LogP contribution in [0.15, 0.2) is 24.3 Å². The molecule has 0 fully saturated rings. The van der Waals surface area contributed by atoms with E-state index in [0.29, 0.717) is 29.2 Å². The number of likely N-dealkylation sites (N-methyl/N-ethyl adjacent to an activating group) is 1. The Balaban J connectivity index is 2.43. The molecule has 0 saturated heterocycles. The molecule has 0 bridgehead atoms. The van der Waals surface area contributed by atoms with Gasteiger partial charge in [-0.3, -0.25) is 19.1 Å². The molecule has 1 heterocycles. The Bertz CT molecular complexity index is 1090. The molecule has 1 N–H and O–H groups in total. The van der Waals surface area contributed by atoms with Gasteiger partial charge in [0.05, 0.1) is 38.6 Å². The second-order valence-corrected chi connectivity index (χ2v) is 10.2. The first-order chi connectivity index (χ1) is 17.9. The summed E-state index contributed by atoms with van der Waals surface area (Å²) in [6.45, 7) is 10.1. The van der Waals surface area contributed by atoms with Gasteiger partial charge in [0.15, 0.2) is 5.69 Å². The molecule has 2 rings (SSSR count). The lowest BCUT2D eigenvalue weighted by Crippen LogP contribution is -2.41. The van der Waals surface area contributed by atoms with Gasteiger partial charge in [0, 0.05) is 19.5 Å². The van der Waals surface area contributed by atoms with Gasteiger partial charge in [-0.2, -0.15) is 5.10 Å². The fraction of sp³-hybridized carbons (Fsp3) is 0.571. The van der Waals surface area contributed by atoms with E-state index in [1.165, 1.54) is 19.1 Å². The zero-order chi connectivity index (χ0) is 28.6. The second-order valence-electron chi connectivity index (χ2n) is 10.2. The minimum absolute atomic E-state index is 0.0267. The summed E-state index contributed by atoms with van der Waals surface area (Å²) < 4.78 is 17.7. The van der Waals surface area contributed by atoms with Crippen LogP contribution in [0.4, 0.5) is 0 Å². The van der Waals surface area contributed by atoms with Crippen LogP contribution in [0.5, 0.6) is 11.5 Å². The Kier molecular flexibility index (Phi) is 11.2. The van der Waals surface area contributed by atoms with Crippen LogP contribution in [0.25, 0.3) is 11.3 Å². The SMILES string of the molecule is COC(=O)CN(C)C(=O)C[C@H](CC(C)C)NC(=O)c1cc(-c2c(OC)cccc2OC)n(C(C)C(C)C)n1. The number of hydrogen-bond acceptors (Lipinski definition) is 7. The molecule has 10 heteroatoms. The number of rotatable bonds is 13. The highest BCUT2D eigenvalue weighted by Crippen LogP contribution is 2.40. The molecule has 0 radical (unpaired) electrons. The summed E-state index contributed by atoms with van der Waals surface area (Å²) in [7, 11) is 5.98. The van der Waals surface area contributed by atoms with Crippen molar-refractivity contribution in [2.45, 2.75) is 59.5 Å². The molecule has 210 valence electrons. The molecule has 38 heavy (non-hydrogen) atoms. The van der Waals surface area contributed by atoms with Gasteiger partial charge < -0.3 is 24.4 Å². The average molecular weight is 531 g/mol. The molecule has 0 aliphatic carbocycles. The first-order valence-electron chi connectivity index (χ1n) is 12.9. The Morgan fingerprint density at radius 3 is 2.13 bits per heavy atom. The van der Waals surface area contributed by atoms with Crippen LogP contribution in [0, 0.1) is 11.8 Å². The van der Waals surface area contributed by atoms with Crippen molar-refractivity contribution < 1.29 is 28.6 Å². The van der Waals surface area contributed by atoms with Crippen molar-refractivity contribution in [2.75, 3.05) is 34.9 Å². The fourth-order valence-corrected chi connectivity index (χ4v) is 4.12. The number of ether oxygens (including phenoxy) is 3. The minimum Gasteiger partial charge on any atom is -0.496 e. The molecule has 2 aromatic rings. The fourth-order valence-electron chi connectivity index (χ4n) is 4.12. The van der Waals surface area contributed by atoms with Gasteiger partial charge in [-0.15, -0.1) is 0 Å². The lowest BCUT2D eigenvalue weighted by Gasteiger charge is -2.23. The number of nitrogens with zero attached hydrogens (tertiary/aromatic N) is 3. The van der Waals surface area contributed by atoms with Crippen molar-refractivity contribution in [1.82, 2.24) is 20.0 Å². The highest BCUT2D eigenvalue weighted by molar-refractivity contribution is 5.94. The van der Waals surface area contributed by atoms with Crippen LogP contribution >= 0.6 is 0 Å². The maximum Gasteiger partial charge on any atom is 0.325 e. The van der Waals surface area contributed by atoms with Crippen LogP contribution in [0.2, 0.25) is 0 Å². The number of esters is 1. The van der Waals surface area contributed by atoms with Crippen molar-refractivity contribution in [3.05, 3.63) is 30.0 Å². The first-order valence-corrected chi connectivity index (χ1v) is 12.9. The average Bonchev–Trinajstić information content (AvgIpc) is 3.31. The second kappa shape index (κ2) is 13.8. The molecular weight excluding hydrogens is 488 g/mol. The molecule has 2 amide bonds. The summed E-state index contributed by atoms with van der Waals surface area (Å²) in [5.41, 5.74) is 1.62. The van der Waals surface area contributed by atoms with Crippen LogP contribution in [0.3, 0.4) is 0 Å². The maximum atomic E-state index is 13.5. The molecular formula is C28H42N4O6. The van der Waals surface area contributed by atoms with Crippen molar-refractivity contribution >= 4 is 17.8 Å². The Labute approximate surface area is 225 Å². The molecule has 1 aromatic carbocycles. The minimum atomic E-state index is -0.505. The van der Waals surface area contributed by atoms with Crippen molar-refractivity contribution in [3.8, 4) is 22.8 Å². The number of methoxy groups -OCH3 is 3. The standard InChI is InChI=1S/C28H42N4O6/c1-17(2)13-20(14-25(33)31(6)16-26(34)38-9)29-28(35)21-15-22(32(30-21)19(5)18(3)4)27-23(36-7)11-10-12-24(27)37-8/h10-12,15,17-20H,13-14,16H2,1-9H3,(H,29,35)/t19?,20-/m0/s1. The van der Waals surface area contributed by atoms with E-state index in [1.54, 1.807) is 20.3 Å². The monoisotopic (exact) mass is 530 g/mol. The molecule has 1 aromatic heterocycles. The van der Waals surface area contributed by atoms with E-state index < -0.39 is 12.0 Å². The maximum absolute atomic E-state index is 13.5.